The lowest BCUT2D eigenvalue weighted by molar-refractivity contribution is -0.742. The molecule has 0 spiro atoms. The Balaban J connectivity index is -0.000000131. The molecule has 0 aliphatic rings. The van der Waals surface area contributed by atoms with Crippen molar-refractivity contribution in [3.63, 3.8) is 0 Å². The number of rotatable bonds is 0. The van der Waals surface area contributed by atoms with Crippen molar-refractivity contribution < 1.29 is 40.8 Å². The van der Waals surface area contributed by atoms with Gasteiger partial charge in [0, 0.05) is 0 Å². The van der Waals surface area contributed by atoms with E-state index in [0.29, 0.717) is 6.26 Å². The van der Waals surface area contributed by atoms with Crippen LogP contribution in [-0.2, 0) is 20.5 Å². The lowest BCUT2D eigenvalue weighted by Gasteiger charge is -1.69. The summed E-state index contributed by atoms with van der Waals surface area (Å²) in [5.74, 6) is 0. The maximum Gasteiger partial charge on any atom is 0.394 e. The highest BCUT2D eigenvalue weighted by molar-refractivity contribution is 7.85. The fraction of sp³-hybridized carbons (Fsp3) is 1.00. The van der Waals surface area contributed by atoms with E-state index in [0.717, 1.165) is 0 Å². The van der Waals surface area contributed by atoms with Gasteiger partial charge in [-0.1, -0.05) is 0 Å². The minimum atomic E-state index is -4.67. The smallest absolute Gasteiger partial charge is 0.328 e. The summed E-state index contributed by atoms with van der Waals surface area (Å²) in [6, 6.07) is 0. The molecule has 0 saturated carbocycles. The molecule has 0 radical (unpaired) electrons. The molecule has 11 nitrogen and oxygen atoms in total. The molecule has 0 aromatic carbocycles. The lowest BCUT2D eigenvalue weighted by Crippen LogP contribution is -1.89. The van der Waals surface area contributed by atoms with Crippen LogP contribution in [0.2, 0.25) is 0 Å². The second-order valence-electron chi connectivity index (χ2n) is 1.42. The van der Waals surface area contributed by atoms with Gasteiger partial charge in [0.2, 0.25) is 0 Å². The Morgan fingerprint density at radius 1 is 1.07 bits per heavy atom. The predicted octanol–water partition coefficient (Wildman–Crippen LogP) is -1.50. The van der Waals surface area contributed by atoms with E-state index in [1.807, 2.05) is 0 Å². The van der Waals surface area contributed by atoms with Crippen LogP contribution in [0.25, 0.3) is 0 Å². The van der Waals surface area contributed by atoms with Crippen molar-refractivity contribution in [1.29, 1.82) is 0 Å². The molecule has 0 heterocycles. The summed E-state index contributed by atoms with van der Waals surface area (Å²) in [4.78, 5) is 8.36. The van der Waals surface area contributed by atoms with Gasteiger partial charge in [-0.25, -0.2) is 0 Å². The van der Waals surface area contributed by atoms with Crippen LogP contribution < -0.4 is 0 Å². The molecule has 0 bridgehead atoms. The standard InChI is InChI=1S/CH4O3S.HNO3.H2O4S/c1-5(2,3)4;2-1(3)4;1-5(2,3)4/h1H3,(H,2,3,4);(H,2,3,4);(H2,1,2,3,4). The van der Waals surface area contributed by atoms with Gasteiger partial charge >= 0.3 is 10.4 Å². The van der Waals surface area contributed by atoms with E-state index >= 15 is 0 Å². The maximum absolute atomic E-state index is 9.19. The van der Waals surface area contributed by atoms with E-state index in [1.165, 1.54) is 0 Å². The van der Waals surface area contributed by atoms with Crippen LogP contribution >= 0.6 is 0 Å². The first-order valence-electron chi connectivity index (χ1n) is 2.19. The monoisotopic (exact) mass is 257 g/mol. The van der Waals surface area contributed by atoms with Crippen molar-refractivity contribution in [2.45, 2.75) is 0 Å². The zero-order valence-corrected chi connectivity index (χ0v) is 8.14. The molecule has 0 aromatic rings. The fourth-order valence-corrected chi connectivity index (χ4v) is 0. The number of nitrogens with zero attached hydrogens (tertiary/aromatic N) is 1. The molecule has 0 unspecified atom stereocenters. The van der Waals surface area contributed by atoms with Crippen molar-refractivity contribution in [2.75, 3.05) is 6.26 Å². The zero-order valence-electron chi connectivity index (χ0n) is 6.50. The van der Waals surface area contributed by atoms with Crippen LogP contribution in [0.15, 0.2) is 0 Å². The Kier molecular flexibility index (Phi) is 9.87. The second-order valence-corrected chi connectivity index (χ2v) is 3.78. The van der Waals surface area contributed by atoms with Crippen molar-refractivity contribution >= 4 is 20.5 Å². The average Bonchev–Trinajstić information content (AvgIpc) is 1.45. The lowest BCUT2D eigenvalue weighted by atomic mass is 12.0. The van der Waals surface area contributed by atoms with Crippen molar-refractivity contribution in [3.8, 4) is 0 Å². The van der Waals surface area contributed by atoms with Gasteiger partial charge in [0.25, 0.3) is 15.2 Å². The Morgan fingerprint density at radius 2 is 1.07 bits per heavy atom. The molecule has 0 aromatic heterocycles. The summed E-state index contributed by atoms with van der Waals surface area (Å²) < 4.78 is 57.5. The molecule has 0 rings (SSSR count). The summed E-state index contributed by atoms with van der Waals surface area (Å²) in [7, 11) is -8.33. The summed E-state index contributed by atoms with van der Waals surface area (Å²) in [6.45, 7) is 0. The SMILES string of the molecule is CS(=O)(=O)O.O=S(=O)(O)O.O=[N+]([O-])O. The fourth-order valence-electron chi connectivity index (χ4n) is 0. The Hall–Kier alpha value is -1.02. The molecule has 0 fully saturated rings. The van der Waals surface area contributed by atoms with E-state index in [1.54, 1.807) is 0 Å². The topological polar surface area (TPSA) is 192 Å². The highest BCUT2D eigenvalue weighted by atomic mass is 32.3. The van der Waals surface area contributed by atoms with Gasteiger partial charge in [0.1, 0.15) is 0 Å². The normalized spacial score (nSPS) is 10.0. The molecule has 0 atom stereocenters. The third-order valence-electron chi connectivity index (χ3n) is 0. The first-order chi connectivity index (χ1) is 5.73. The molecule has 0 aliphatic carbocycles. The predicted molar refractivity (Wildman–Crippen MR) is 40.4 cm³/mol. The largest absolute Gasteiger partial charge is 0.394 e. The summed E-state index contributed by atoms with van der Waals surface area (Å²) in [5.41, 5.74) is 0. The summed E-state index contributed by atoms with van der Waals surface area (Å²) in [6.07, 6.45) is 0.715. The van der Waals surface area contributed by atoms with Gasteiger partial charge in [-0.3, -0.25) is 13.7 Å². The van der Waals surface area contributed by atoms with E-state index in [9.17, 15) is 8.42 Å². The zero-order chi connectivity index (χ0) is 12.6. The molecule has 88 valence electrons. The van der Waals surface area contributed by atoms with Crippen LogP contribution in [0.4, 0.5) is 0 Å². The van der Waals surface area contributed by atoms with Gasteiger partial charge in [0.05, 0.1) is 6.26 Å². The van der Waals surface area contributed by atoms with Crippen LogP contribution in [0.1, 0.15) is 0 Å². The summed E-state index contributed by atoms with van der Waals surface area (Å²) in [5, 5.41) is 13.6. The molecule has 0 saturated heterocycles. The highest BCUT2D eigenvalue weighted by Crippen LogP contribution is 1.60. The average molecular weight is 257 g/mol. The maximum atomic E-state index is 9.19. The molecule has 0 amide bonds. The minimum Gasteiger partial charge on any atom is -0.328 e. The molecule has 13 heteroatoms. The van der Waals surface area contributed by atoms with E-state index in [-0.39, 0.29) is 0 Å². The van der Waals surface area contributed by atoms with E-state index in [4.69, 9.17) is 37.4 Å². The van der Waals surface area contributed by atoms with Gasteiger partial charge in [0.15, 0.2) is 0 Å². The number of hydrogen-bond donors (Lipinski definition) is 4. The van der Waals surface area contributed by atoms with Crippen LogP contribution in [0.5, 0.6) is 0 Å². The quantitative estimate of drug-likeness (QED) is 0.225. The van der Waals surface area contributed by atoms with Crippen LogP contribution in [0.3, 0.4) is 0 Å². The van der Waals surface area contributed by atoms with Crippen LogP contribution in [0, 0.1) is 10.1 Å². The molecule has 14 heavy (non-hydrogen) atoms. The number of hydrogen-bond acceptors (Lipinski definition) is 6. The highest BCUT2D eigenvalue weighted by Gasteiger charge is 1.84. The van der Waals surface area contributed by atoms with Gasteiger partial charge in [-0.2, -0.15) is 16.8 Å². The first kappa shape index (κ1) is 18.7. The Bertz CT molecular complexity index is 284. The van der Waals surface area contributed by atoms with Gasteiger partial charge < -0.3 is 5.21 Å². The van der Waals surface area contributed by atoms with Crippen molar-refractivity contribution in [3.05, 3.63) is 10.1 Å². The van der Waals surface area contributed by atoms with Gasteiger partial charge in [-0.15, -0.1) is 10.1 Å². The molecule has 4 N–H and O–H groups in total. The third-order valence-corrected chi connectivity index (χ3v) is 0. The molecular formula is CH7NO10S2. The Morgan fingerprint density at radius 3 is 1.07 bits per heavy atom. The van der Waals surface area contributed by atoms with E-state index < -0.39 is 25.6 Å². The minimum absolute atomic E-state index is 0.715. The van der Waals surface area contributed by atoms with Crippen LogP contribution in [-0.4, -0.2) is 47.0 Å². The van der Waals surface area contributed by atoms with E-state index in [2.05, 4.69) is 0 Å². The van der Waals surface area contributed by atoms with Gasteiger partial charge in [-0.05, 0) is 0 Å². The van der Waals surface area contributed by atoms with Crippen molar-refractivity contribution in [2.24, 2.45) is 0 Å². The Labute approximate surface area is 78.4 Å². The molecule has 0 aliphatic heterocycles. The van der Waals surface area contributed by atoms with Crippen molar-refractivity contribution in [1.82, 2.24) is 0 Å². The second kappa shape index (κ2) is 7.39. The third kappa shape index (κ3) is 1050. The molecular weight excluding hydrogens is 250 g/mol. The summed E-state index contributed by atoms with van der Waals surface area (Å²) >= 11 is 0. The first-order valence-corrected chi connectivity index (χ1v) is 5.43.